The molecule has 0 atom stereocenters. The second-order valence-electron chi connectivity index (χ2n) is 6.36. The highest BCUT2D eigenvalue weighted by atomic mass is 16.7. The van der Waals surface area contributed by atoms with Crippen molar-refractivity contribution in [2.75, 3.05) is 23.6 Å². The molecule has 0 saturated carbocycles. The first kappa shape index (κ1) is 18.6. The fourth-order valence-electron chi connectivity index (χ4n) is 2.72. The Morgan fingerprint density at radius 1 is 1.15 bits per heavy atom. The summed E-state index contributed by atoms with van der Waals surface area (Å²) in [5, 5.41) is 2.78. The number of carbonyl (C=O) groups excluding carboxylic acids is 2. The summed E-state index contributed by atoms with van der Waals surface area (Å²) in [7, 11) is 0. The Kier molecular flexibility index (Phi) is 5.49. The Balaban J connectivity index is 1.75. The third-order valence-corrected chi connectivity index (χ3v) is 3.86. The quantitative estimate of drug-likeness (QED) is 0.845. The monoisotopic (exact) mass is 370 g/mol. The van der Waals surface area contributed by atoms with Crippen LogP contribution in [-0.2, 0) is 9.59 Å². The maximum atomic E-state index is 12.5. The number of nitrogens with one attached hydrogen (secondary N) is 1. The summed E-state index contributed by atoms with van der Waals surface area (Å²) in [6.07, 6.45) is -0.0533. The molecule has 0 fully saturated rings. The third kappa shape index (κ3) is 4.49. The zero-order valence-corrected chi connectivity index (χ0v) is 15.5. The summed E-state index contributed by atoms with van der Waals surface area (Å²) in [5.41, 5.74) is 1.12. The molecule has 0 saturated heterocycles. The summed E-state index contributed by atoms with van der Waals surface area (Å²) in [4.78, 5) is 26.1. The number of benzene rings is 2. The molecule has 0 spiro atoms. The molecule has 7 nitrogen and oxygen atoms in total. The van der Waals surface area contributed by atoms with Gasteiger partial charge in [-0.1, -0.05) is 12.1 Å². The van der Waals surface area contributed by atoms with E-state index in [0.717, 1.165) is 0 Å². The molecule has 1 aliphatic heterocycles. The SMILES string of the molecule is CC(=O)N(CC(=O)Nc1ccc2c(c1)OCO2)c1ccccc1OC(C)C. The molecule has 1 aliphatic rings. The van der Waals surface area contributed by atoms with Crippen LogP contribution in [0.15, 0.2) is 42.5 Å². The fourth-order valence-corrected chi connectivity index (χ4v) is 2.72. The van der Waals surface area contributed by atoms with E-state index < -0.39 is 0 Å². The highest BCUT2D eigenvalue weighted by Gasteiger charge is 2.21. The molecule has 2 aromatic rings. The van der Waals surface area contributed by atoms with Gasteiger partial charge in [-0.25, -0.2) is 0 Å². The highest BCUT2D eigenvalue weighted by molar-refractivity contribution is 6.02. The second kappa shape index (κ2) is 7.99. The van der Waals surface area contributed by atoms with Crippen molar-refractivity contribution >= 4 is 23.2 Å². The number of carbonyl (C=O) groups is 2. The highest BCUT2D eigenvalue weighted by Crippen LogP contribution is 2.34. The van der Waals surface area contributed by atoms with Gasteiger partial charge in [0.2, 0.25) is 18.6 Å². The predicted molar refractivity (Wildman–Crippen MR) is 101 cm³/mol. The number of fused-ring (bicyclic) bond motifs is 1. The molecule has 0 aliphatic carbocycles. The molecule has 142 valence electrons. The van der Waals surface area contributed by atoms with Crippen molar-refractivity contribution in [3.63, 3.8) is 0 Å². The Morgan fingerprint density at radius 3 is 2.63 bits per heavy atom. The topological polar surface area (TPSA) is 77.1 Å². The second-order valence-corrected chi connectivity index (χ2v) is 6.36. The lowest BCUT2D eigenvalue weighted by Crippen LogP contribution is -2.37. The third-order valence-electron chi connectivity index (χ3n) is 3.86. The Labute approximate surface area is 157 Å². The molecule has 0 radical (unpaired) electrons. The minimum atomic E-state index is -0.330. The molecular weight excluding hydrogens is 348 g/mol. The first-order valence-electron chi connectivity index (χ1n) is 8.67. The van der Waals surface area contributed by atoms with Crippen LogP contribution in [0.4, 0.5) is 11.4 Å². The van der Waals surface area contributed by atoms with Crippen LogP contribution in [0.3, 0.4) is 0 Å². The van der Waals surface area contributed by atoms with Crippen LogP contribution in [0.1, 0.15) is 20.8 Å². The van der Waals surface area contributed by atoms with E-state index in [1.165, 1.54) is 11.8 Å². The number of hydrogen-bond acceptors (Lipinski definition) is 5. The van der Waals surface area contributed by atoms with Crippen molar-refractivity contribution in [2.24, 2.45) is 0 Å². The number of amides is 2. The average Bonchev–Trinajstić information content (AvgIpc) is 3.07. The van der Waals surface area contributed by atoms with E-state index in [9.17, 15) is 9.59 Å². The molecule has 1 heterocycles. The summed E-state index contributed by atoms with van der Waals surface area (Å²) in [5.74, 6) is 1.18. The van der Waals surface area contributed by atoms with E-state index in [1.54, 1.807) is 36.4 Å². The van der Waals surface area contributed by atoms with Gasteiger partial charge in [-0.05, 0) is 38.1 Å². The standard InChI is InChI=1S/C20H22N2O5/c1-13(2)27-17-7-5-4-6-16(17)22(14(3)23)11-20(24)21-15-8-9-18-19(10-15)26-12-25-18/h4-10,13H,11-12H2,1-3H3,(H,21,24). The van der Waals surface area contributed by atoms with E-state index in [-0.39, 0.29) is 31.3 Å². The number of nitrogens with zero attached hydrogens (tertiary/aromatic N) is 1. The number of hydrogen-bond donors (Lipinski definition) is 1. The Hall–Kier alpha value is -3.22. The molecule has 2 amide bonds. The number of para-hydroxylation sites is 2. The van der Waals surface area contributed by atoms with Gasteiger partial charge < -0.3 is 19.5 Å². The van der Waals surface area contributed by atoms with Crippen molar-refractivity contribution in [1.29, 1.82) is 0 Å². The van der Waals surface area contributed by atoms with Crippen LogP contribution in [0.2, 0.25) is 0 Å². The lowest BCUT2D eigenvalue weighted by Gasteiger charge is -2.24. The molecule has 7 heteroatoms. The van der Waals surface area contributed by atoms with E-state index >= 15 is 0 Å². The molecule has 2 aromatic carbocycles. The van der Waals surface area contributed by atoms with Gasteiger partial charge in [0.15, 0.2) is 11.5 Å². The minimum absolute atomic E-state index is 0.0533. The average molecular weight is 370 g/mol. The van der Waals surface area contributed by atoms with Gasteiger partial charge in [0, 0.05) is 18.7 Å². The van der Waals surface area contributed by atoms with Crippen LogP contribution in [-0.4, -0.2) is 31.3 Å². The summed E-state index contributed by atoms with van der Waals surface area (Å²) < 4.78 is 16.3. The predicted octanol–water partition coefficient (Wildman–Crippen LogP) is 3.19. The van der Waals surface area contributed by atoms with Crippen LogP contribution in [0.25, 0.3) is 0 Å². The lowest BCUT2D eigenvalue weighted by molar-refractivity contribution is -0.120. The van der Waals surface area contributed by atoms with Gasteiger partial charge in [-0.3, -0.25) is 14.5 Å². The zero-order valence-electron chi connectivity index (χ0n) is 15.5. The van der Waals surface area contributed by atoms with Gasteiger partial charge >= 0.3 is 0 Å². The van der Waals surface area contributed by atoms with Gasteiger partial charge in [0.25, 0.3) is 0 Å². The number of rotatable bonds is 6. The summed E-state index contributed by atoms with van der Waals surface area (Å²) in [6, 6.07) is 12.3. The maximum Gasteiger partial charge on any atom is 0.244 e. The number of ether oxygens (including phenoxy) is 3. The number of anilines is 2. The Morgan fingerprint density at radius 2 is 1.89 bits per heavy atom. The van der Waals surface area contributed by atoms with E-state index in [0.29, 0.717) is 28.6 Å². The van der Waals surface area contributed by atoms with Crippen LogP contribution < -0.4 is 24.4 Å². The summed E-state index contributed by atoms with van der Waals surface area (Å²) >= 11 is 0. The fraction of sp³-hybridized carbons (Fsp3) is 0.300. The lowest BCUT2D eigenvalue weighted by atomic mass is 10.2. The maximum absolute atomic E-state index is 12.5. The van der Waals surface area contributed by atoms with E-state index in [4.69, 9.17) is 14.2 Å². The van der Waals surface area contributed by atoms with Crippen LogP contribution in [0, 0.1) is 0 Å². The molecule has 3 rings (SSSR count). The first-order valence-corrected chi connectivity index (χ1v) is 8.67. The molecule has 0 bridgehead atoms. The van der Waals surface area contributed by atoms with Gasteiger partial charge in [0.05, 0.1) is 11.8 Å². The smallest absolute Gasteiger partial charge is 0.244 e. The normalized spacial score (nSPS) is 12.0. The largest absolute Gasteiger partial charge is 0.489 e. The zero-order chi connectivity index (χ0) is 19.4. The van der Waals surface area contributed by atoms with Crippen molar-refractivity contribution in [2.45, 2.75) is 26.9 Å². The van der Waals surface area contributed by atoms with Crippen molar-refractivity contribution in [1.82, 2.24) is 0 Å². The molecule has 27 heavy (non-hydrogen) atoms. The van der Waals surface area contributed by atoms with Crippen molar-refractivity contribution in [3.05, 3.63) is 42.5 Å². The molecule has 0 aromatic heterocycles. The van der Waals surface area contributed by atoms with Crippen LogP contribution >= 0.6 is 0 Å². The first-order chi connectivity index (χ1) is 12.9. The van der Waals surface area contributed by atoms with E-state index in [2.05, 4.69) is 5.32 Å². The summed E-state index contributed by atoms with van der Waals surface area (Å²) in [6.45, 7) is 5.25. The molecular formula is C20H22N2O5. The van der Waals surface area contributed by atoms with Gasteiger partial charge in [-0.15, -0.1) is 0 Å². The van der Waals surface area contributed by atoms with Gasteiger partial charge in [0.1, 0.15) is 12.3 Å². The van der Waals surface area contributed by atoms with Crippen molar-refractivity contribution < 1.29 is 23.8 Å². The minimum Gasteiger partial charge on any atom is -0.489 e. The van der Waals surface area contributed by atoms with Crippen LogP contribution in [0.5, 0.6) is 17.2 Å². The van der Waals surface area contributed by atoms with E-state index in [1.807, 2.05) is 19.9 Å². The molecule has 0 unspecified atom stereocenters. The van der Waals surface area contributed by atoms with Crippen molar-refractivity contribution in [3.8, 4) is 17.2 Å². The molecule has 1 N–H and O–H groups in total. The van der Waals surface area contributed by atoms with Gasteiger partial charge in [-0.2, -0.15) is 0 Å². The Bertz CT molecular complexity index is 850.